The third kappa shape index (κ3) is 7.08. The van der Waals surface area contributed by atoms with E-state index in [9.17, 15) is 0 Å². The standard InChI is InChI=1S/C70H91BN2O/c1-40-30-44-48(67(14,15)26-22-63(44,6)7)36-53(40)72-55-38-50-47(66(12,13)25-28-69(50,18)19)35-52(55)71-59-56(72)32-42(62(3,4)5)33-57(59)73(54-37-49-45(31-41(54)2)64(8,9)23-27-68(49,16)17)60-43-34-46-51(39-58(43)74-61(60)71)70(20,21)29-24-65(46,10)11/h30-33,35-39,46H,22-29,34H2,1-21H3. The minimum absolute atomic E-state index is 0.0330. The number of allylic oxidation sites excluding steroid dienone is 1. The molecular formula is C70H91BN2O. The van der Waals surface area contributed by atoms with Gasteiger partial charge in [0.25, 0.3) is 6.71 Å². The highest BCUT2D eigenvalue weighted by atomic mass is 16.3. The Morgan fingerprint density at radius 3 is 1.35 bits per heavy atom. The summed E-state index contributed by atoms with van der Waals surface area (Å²) in [6, 6.07) is 21.2. The van der Waals surface area contributed by atoms with Crippen LogP contribution in [0.1, 0.15) is 244 Å². The molecule has 74 heavy (non-hydrogen) atoms. The van der Waals surface area contributed by atoms with Crippen LogP contribution in [-0.2, 0) is 44.3 Å². The first kappa shape index (κ1) is 50.4. The molecular weight excluding hydrogens is 896 g/mol. The van der Waals surface area contributed by atoms with Crippen LogP contribution < -0.4 is 26.4 Å². The van der Waals surface area contributed by atoms with Crippen LogP contribution in [0, 0.1) is 30.6 Å². The van der Waals surface area contributed by atoms with Gasteiger partial charge in [0.05, 0.1) is 11.3 Å². The van der Waals surface area contributed by atoms with Gasteiger partial charge in [-0.05, 0) is 224 Å². The van der Waals surface area contributed by atoms with Gasteiger partial charge in [-0.2, -0.15) is 0 Å². The summed E-state index contributed by atoms with van der Waals surface area (Å²) in [5.41, 5.74) is 28.5. The van der Waals surface area contributed by atoms with Gasteiger partial charge in [0, 0.05) is 34.0 Å². The van der Waals surface area contributed by atoms with Gasteiger partial charge in [-0.25, -0.2) is 0 Å². The largest absolute Gasteiger partial charge is 0.468 e. The van der Waals surface area contributed by atoms with Crippen molar-refractivity contribution in [2.24, 2.45) is 16.7 Å². The van der Waals surface area contributed by atoms with Gasteiger partial charge in [0.2, 0.25) is 0 Å². The van der Waals surface area contributed by atoms with E-state index in [-0.39, 0.29) is 55.4 Å². The lowest BCUT2D eigenvalue weighted by molar-refractivity contribution is 0.123. The van der Waals surface area contributed by atoms with E-state index in [1.54, 1.807) is 5.57 Å². The fraction of sp³-hybridized carbons (Fsp3) is 0.571. The molecule has 1 unspecified atom stereocenters. The summed E-state index contributed by atoms with van der Waals surface area (Å²) in [6.45, 7) is 52.1. The van der Waals surface area contributed by atoms with Crippen LogP contribution in [0.15, 0.2) is 58.5 Å². The number of hydrogen-bond acceptors (Lipinski definition) is 3. The van der Waals surface area contributed by atoms with Crippen molar-refractivity contribution in [2.45, 2.75) is 241 Å². The fourth-order valence-electron chi connectivity index (χ4n) is 16.0. The first-order valence-corrected chi connectivity index (χ1v) is 29.2. The molecule has 0 spiro atoms. The second-order valence-electron chi connectivity index (χ2n) is 31.8. The van der Waals surface area contributed by atoms with Crippen molar-refractivity contribution in [2.75, 3.05) is 9.80 Å². The molecule has 5 aromatic rings. The van der Waals surface area contributed by atoms with E-state index >= 15 is 0 Å². The van der Waals surface area contributed by atoms with E-state index in [2.05, 4.69) is 210 Å². The Morgan fingerprint density at radius 1 is 0.473 bits per heavy atom. The molecule has 3 heterocycles. The molecule has 390 valence electrons. The molecule has 7 aliphatic rings. The Hall–Kier alpha value is -4.44. The van der Waals surface area contributed by atoms with Crippen LogP contribution in [0.2, 0.25) is 0 Å². The normalized spacial score (nSPS) is 24.3. The fourth-order valence-corrected chi connectivity index (χ4v) is 16.0. The Balaban J connectivity index is 1.25. The summed E-state index contributed by atoms with van der Waals surface area (Å²) < 4.78 is 7.91. The maximum Gasteiger partial charge on any atom is 0.297 e. The van der Waals surface area contributed by atoms with Gasteiger partial charge >= 0.3 is 0 Å². The quantitative estimate of drug-likeness (QED) is 0.161. The molecule has 1 fully saturated rings. The summed E-state index contributed by atoms with van der Waals surface area (Å²) in [6.07, 6.45) is 13.1. The van der Waals surface area contributed by atoms with Crippen LogP contribution in [-0.4, -0.2) is 6.71 Å². The molecule has 2 aliphatic heterocycles. The van der Waals surface area contributed by atoms with E-state index in [1.165, 1.54) is 152 Å². The van der Waals surface area contributed by atoms with Crippen LogP contribution in [0.3, 0.4) is 0 Å². The average molecular weight is 987 g/mol. The minimum Gasteiger partial charge on any atom is -0.468 e. The predicted molar refractivity (Wildman–Crippen MR) is 319 cm³/mol. The molecule has 12 rings (SSSR count). The number of furan rings is 1. The van der Waals surface area contributed by atoms with Gasteiger partial charge < -0.3 is 14.2 Å². The molecule has 5 aliphatic carbocycles. The van der Waals surface area contributed by atoms with Gasteiger partial charge in [-0.3, -0.25) is 0 Å². The second-order valence-corrected chi connectivity index (χ2v) is 31.8. The number of nitrogens with zero attached hydrogens (tertiary/aromatic N) is 2. The average Bonchev–Trinajstić information content (AvgIpc) is 3.68. The minimum atomic E-state index is -0.125. The van der Waals surface area contributed by atoms with Crippen LogP contribution in [0.25, 0.3) is 6.08 Å². The van der Waals surface area contributed by atoms with Crippen molar-refractivity contribution in [3.05, 3.63) is 115 Å². The van der Waals surface area contributed by atoms with E-state index in [1.807, 2.05) is 0 Å². The third-order valence-corrected chi connectivity index (χ3v) is 21.9. The van der Waals surface area contributed by atoms with Crippen LogP contribution >= 0.6 is 0 Å². The molecule has 1 aromatic heterocycles. The zero-order valence-corrected chi connectivity index (χ0v) is 50.0. The molecule has 3 nitrogen and oxygen atoms in total. The molecule has 1 atom stereocenters. The van der Waals surface area contributed by atoms with Crippen molar-refractivity contribution in [1.82, 2.24) is 0 Å². The van der Waals surface area contributed by atoms with Crippen molar-refractivity contribution in [1.29, 1.82) is 0 Å². The Bertz CT molecular complexity index is 3290. The topological polar surface area (TPSA) is 19.6 Å². The van der Waals surface area contributed by atoms with Crippen LogP contribution in [0.5, 0.6) is 0 Å². The molecule has 0 saturated heterocycles. The lowest BCUT2D eigenvalue weighted by Gasteiger charge is -2.50. The van der Waals surface area contributed by atoms with Gasteiger partial charge in [0.1, 0.15) is 5.76 Å². The highest BCUT2D eigenvalue weighted by molar-refractivity contribution is 6.99. The van der Waals surface area contributed by atoms with Gasteiger partial charge in [0.15, 0.2) is 0 Å². The number of aryl methyl sites for hydroxylation is 2. The monoisotopic (exact) mass is 987 g/mol. The molecule has 1 saturated carbocycles. The van der Waals surface area contributed by atoms with E-state index in [4.69, 9.17) is 4.42 Å². The third-order valence-electron chi connectivity index (χ3n) is 21.9. The van der Waals surface area contributed by atoms with E-state index in [0.29, 0.717) is 5.92 Å². The zero-order valence-electron chi connectivity index (χ0n) is 50.0. The highest BCUT2D eigenvalue weighted by Crippen LogP contribution is 2.60. The number of rotatable bonds is 2. The first-order valence-electron chi connectivity index (χ1n) is 29.2. The number of hydrogen-bond donors (Lipinski definition) is 0. The smallest absolute Gasteiger partial charge is 0.297 e. The second kappa shape index (κ2) is 15.2. The Morgan fingerprint density at radius 2 is 0.878 bits per heavy atom. The lowest BCUT2D eigenvalue weighted by Crippen LogP contribution is -2.61. The van der Waals surface area contributed by atoms with Crippen LogP contribution in [0.4, 0.5) is 34.1 Å². The molecule has 4 heteroatoms. The number of fused-ring (bicyclic) bond motifs is 10. The van der Waals surface area contributed by atoms with Crippen molar-refractivity contribution in [3.8, 4) is 0 Å². The molecule has 4 aromatic carbocycles. The summed E-state index contributed by atoms with van der Waals surface area (Å²) in [7, 11) is 0. The Labute approximate surface area is 448 Å². The SMILES string of the molecule is Cc1cc2c(cc1N1c3cc4c(cc3B3c5oc6c(c5N(c5cc7c(cc5C)C(C)(C)CCC7(C)C)c5cc(C(C)(C)C)cc1c53)CC1C(=C6)C(C)(C)CCC1(C)C)C(C)(C)CCC4(C)C)C(C)(C)CCC2(C)C. The zero-order chi connectivity index (χ0) is 53.4. The predicted octanol–water partition coefficient (Wildman–Crippen LogP) is 17.7. The molecule has 0 N–H and O–H groups in total. The first-order chi connectivity index (χ1) is 34.1. The summed E-state index contributed by atoms with van der Waals surface area (Å²) >= 11 is 0. The van der Waals surface area contributed by atoms with Crippen molar-refractivity contribution >= 4 is 63.5 Å². The lowest BCUT2D eigenvalue weighted by atomic mass is 9.35. The molecule has 0 amide bonds. The van der Waals surface area contributed by atoms with Crippen molar-refractivity contribution < 1.29 is 4.42 Å². The van der Waals surface area contributed by atoms with Crippen molar-refractivity contribution in [3.63, 3.8) is 0 Å². The maximum absolute atomic E-state index is 7.91. The van der Waals surface area contributed by atoms with E-state index < -0.39 is 0 Å². The number of benzene rings is 4. The van der Waals surface area contributed by atoms with Gasteiger partial charge in [-0.15, -0.1) is 0 Å². The molecule has 0 bridgehead atoms. The highest BCUT2D eigenvalue weighted by Gasteiger charge is 2.54. The Kier molecular flexibility index (Phi) is 10.3. The van der Waals surface area contributed by atoms with E-state index in [0.717, 1.165) is 17.8 Å². The summed E-state index contributed by atoms with van der Waals surface area (Å²) in [5.74, 6) is 1.54. The van der Waals surface area contributed by atoms with Gasteiger partial charge in [-0.1, -0.05) is 155 Å². The summed E-state index contributed by atoms with van der Waals surface area (Å²) in [4.78, 5) is 5.57. The maximum atomic E-state index is 7.91. The molecule has 0 radical (unpaired) electrons. The summed E-state index contributed by atoms with van der Waals surface area (Å²) in [5, 5.41) is 0. The number of anilines is 6.